The highest BCUT2D eigenvalue weighted by molar-refractivity contribution is 6.44. The van der Waals surface area contributed by atoms with Crippen LogP contribution >= 0.6 is 23.2 Å². The van der Waals surface area contributed by atoms with Crippen molar-refractivity contribution >= 4 is 46.6 Å². The zero-order valence-corrected chi connectivity index (χ0v) is 13.5. The Labute approximate surface area is 146 Å². The van der Waals surface area contributed by atoms with Crippen molar-refractivity contribution in [2.45, 2.75) is 0 Å². The fourth-order valence-corrected chi connectivity index (χ4v) is 2.72. The number of hydrogen-bond acceptors (Lipinski definition) is 3. The van der Waals surface area contributed by atoms with E-state index >= 15 is 0 Å². The molecule has 0 aromatic heterocycles. The quantitative estimate of drug-likeness (QED) is 0.846. The van der Waals surface area contributed by atoms with Gasteiger partial charge in [-0.05, 0) is 24.3 Å². The highest BCUT2D eigenvalue weighted by Gasteiger charge is 2.38. The third kappa shape index (κ3) is 2.74. The number of fused-ring (bicyclic) bond motifs is 1. The molecule has 2 aromatic carbocycles. The standard InChI is InChI=1S/C16H9Cl2FN2O3/c17-9-4-2-6-11(14(9)18)20-12(22)7-21-15(23)8-3-1-5-10(19)13(8)16(21)24/h1-6H,7H2,(H,20,22). The second-order valence-electron chi connectivity index (χ2n) is 5.01. The lowest BCUT2D eigenvalue weighted by atomic mass is 10.1. The Morgan fingerprint density at radius 2 is 1.79 bits per heavy atom. The van der Waals surface area contributed by atoms with E-state index in [1.807, 2.05) is 0 Å². The largest absolute Gasteiger partial charge is 0.323 e. The third-order valence-corrected chi connectivity index (χ3v) is 4.29. The van der Waals surface area contributed by atoms with Gasteiger partial charge in [-0.25, -0.2) is 4.39 Å². The Balaban J connectivity index is 1.79. The molecule has 3 rings (SSSR count). The second-order valence-corrected chi connectivity index (χ2v) is 5.79. The molecule has 5 nitrogen and oxygen atoms in total. The summed E-state index contributed by atoms with van der Waals surface area (Å²) in [5.41, 5.74) is -0.137. The molecule has 0 saturated heterocycles. The van der Waals surface area contributed by atoms with Crippen molar-refractivity contribution in [3.63, 3.8) is 0 Å². The number of nitrogens with one attached hydrogen (secondary N) is 1. The fraction of sp³-hybridized carbons (Fsp3) is 0.0625. The average Bonchev–Trinajstić information content (AvgIpc) is 2.78. The maximum Gasteiger partial charge on any atom is 0.265 e. The Hall–Kier alpha value is -2.44. The lowest BCUT2D eigenvalue weighted by Gasteiger charge is -2.14. The van der Waals surface area contributed by atoms with Crippen LogP contribution in [-0.2, 0) is 4.79 Å². The van der Waals surface area contributed by atoms with Gasteiger partial charge in [0.1, 0.15) is 12.4 Å². The zero-order valence-electron chi connectivity index (χ0n) is 12.0. The molecule has 0 unspecified atom stereocenters. The molecule has 24 heavy (non-hydrogen) atoms. The molecular formula is C16H9Cl2FN2O3. The summed E-state index contributed by atoms with van der Waals surface area (Å²) in [7, 11) is 0. The molecule has 1 aliphatic heterocycles. The molecule has 8 heteroatoms. The zero-order chi connectivity index (χ0) is 17.4. The van der Waals surface area contributed by atoms with Gasteiger partial charge >= 0.3 is 0 Å². The number of rotatable bonds is 3. The predicted molar refractivity (Wildman–Crippen MR) is 86.9 cm³/mol. The Kier molecular flexibility index (Phi) is 4.26. The number of anilines is 1. The minimum atomic E-state index is -0.847. The number of carbonyl (C=O) groups excluding carboxylic acids is 3. The molecule has 0 atom stereocenters. The number of imide groups is 1. The van der Waals surface area contributed by atoms with Crippen LogP contribution in [0.2, 0.25) is 10.0 Å². The minimum Gasteiger partial charge on any atom is -0.323 e. The van der Waals surface area contributed by atoms with Gasteiger partial charge < -0.3 is 5.32 Å². The molecule has 0 saturated carbocycles. The van der Waals surface area contributed by atoms with Crippen LogP contribution in [0.4, 0.5) is 10.1 Å². The summed E-state index contributed by atoms with van der Waals surface area (Å²) >= 11 is 11.8. The van der Waals surface area contributed by atoms with E-state index in [2.05, 4.69) is 5.32 Å². The third-order valence-electron chi connectivity index (χ3n) is 3.48. The van der Waals surface area contributed by atoms with Crippen LogP contribution in [0.25, 0.3) is 0 Å². The highest BCUT2D eigenvalue weighted by atomic mass is 35.5. The minimum absolute atomic E-state index is 0.0615. The van der Waals surface area contributed by atoms with Gasteiger partial charge in [0.05, 0.1) is 26.9 Å². The van der Waals surface area contributed by atoms with E-state index in [0.29, 0.717) is 4.90 Å². The van der Waals surface area contributed by atoms with Crippen LogP contribution in [0.5, 0.6) is 0 Å². The van der Waals surface area contributed by atoms with Crippen molar-refractivity contribution in [1.29, 1.82) is 0 Å². The summed E-state index contributed by atoms with van der Waals surface area (Å²) in [6.07, 6.45) is 0. The van der Waals surface area contributed by atoms with Gasteiger partial charge in [-0.15, -0.1) is 0 Å². The SMILES string of the molecule is O=C(CN1C(=O)c2cccc(F)c2C1=O)Nc1cccc(Cl)c1Cl. The topological polar surface area (TPSA) is 66.5 Å². The van der Waals surface area contributed by atoms with E-state index in [1.54, 1.807) is 12.1 Å². The van der Waals surface area contributed by atoms with E-state index in [9.17, 15) is 18.8 Å². The molecule has 0 bridgehead atoms. The van der Waals surface area contributed by atoms with Gasteiger partial charge in [0.25, 0.3) is 11.8 Å². The maximum absolute atomic E-state index is 13.7. The second kappa shape index (κ2) is 6.22. The number of halogens is 3. The van der Waals surface area contributed by atoms with Gasteiger partial charge in [-0.2, -0.15) is 0 Å². The van der Waals surface area contributed by atoms with Gasteiger partial charge in [0.15, 0.2) is 0 Å². The molecule has 0 radical (unpaired) electrons. The summed E-state index contributed by atoms with van der Waals surface area (Å²) in [5, 5.41) is 2.85. The number of benzene rings is 2. The number of hydrogen-bond donors (Lipinski definition) is 1. The first-order chi connectivity index (χ1) is 11.4. The summed E-state index contributed by atoms with van der Waals surface area (Å²) in [6.45, 7) is -0.561. The van der Waals surface area contributed by atoms with Crippen molar-refractivity contribution in [3.05, 3.63) is 63.4 Å². The van der Waals surface area contributed by atoms with E-state index in [-0.39, 0.29) is 26.9 Å². The fourth-order valence-electron chi connectivity index (χ4n) is 2.37. The first kappa shape index (κ1) is 16.4. The molecule has 3 amide bonds. The first-order valence-electron chi connectivity index (χ1n) is 6.78. The van der Waals surface area contributed by atoms with Crippen molar-refractivity contribution in [3.8, 4) is 0 Å². The average molecular weight is 367 g/mol. The lowest BCUT2D eigenvalue weighted by Crippen LogP contribution is -2.37. The van der Waals surface area contributed by atoms with Crippen LogP contribution in [0.15, 0.2) is 36.4 Å². The van der Waals surface area contributed by atoms with Crippen LogP contribution in [-0.4, -0.2) is 29.2 Å². The smallest absolute Gasteiger partial charge is 0.265 e. The Morgan fingerprint density at radius 1 is 1.08 bits per heavy atom. The normalized spacial score (nSPS) is 13.2. The number of carbonyl (C=O) groups is 3. The molecule has 1 aliphatic rings. The van der Waals surface area contributed by atoms with Crippen molar-refractivity contribution in [2.75, 3.05) is 11.9 Å². The highest BCUT2D eigenvalue weighted by Crippen LogP contribution is 2.30. The molecule has 0 fully saturated rings. The van der Waals surface area contributed by atoms with Crippen LogP contribution in [0.1, 0.15) is 20.7 Å². The van der Waals surface area contributed by atoms with Crippen molar-refractivity contribution < 1.29 is 18.8 Å². The van der Waals surface area contributed by atoms with E-state index in [1.165, 1.54) is 18.2 Å². The molecule has 122 valence electrons. The predicted octanol–water partition coefficient (Wildman–Crippen LogP) is 3.37. The Morgan fingerprint density at radius 3 is 2.50 bits per heavy atom. The van der Waals surface area contributed by atoms with Crippen LogP contribution in [0, 0.1) is 5.82 Å². The number of amides is 3. The summed E-state index contributed by atoms with van der Waals surface area (Å²) in [4.78, 5) is 37.1. The van der Waals surface area contributed by atoms with Gasteiger partial charge in [-0.3, -0.25) is 19.3 Å². The van der Waals surface area contributed by atoms with Gasteiger partial charge in [0.2, 0.25) is 5.91 Å². The molecule has 2 aromatic rings. The summed E-state index contributed by atoms with van der Waals surface area (Å²) in [6, 6.07) is 8.40. The van der Waals surface area contributed by atoms with E-state index < -0.39 is 30.1 Å². The van der Waals surface area contributed by atoms with E-state index in [0.717, 1.165) is 6.07 Å². The summed E-state index contributed by atoms with van der Waals surface area (Å²) < 4.78 is 13.7. The Bertz CT molecular complexity index is 886. The molecular weight excluding hydrogens is 358 g/mol. The lowest BCUT2D eigenvalue weighted by molar-refractivity contribution is -0.116. The molecule has 1 N–H and O–H groups in total. The van der Waals surface area contributed by atoms with Crippen LogP contribution in [0.3, 0.4) is 0 Å². The number of nitrogens with zero attached hydrogens (tertiary/aromatic N) is 1. The summed E-state index contributed by atoms with van der Waals surface area (Å²) in [5.74, 6) is -3.02. The molecule has 0 aliphatic carbocycles. The van der Waals surface area contributed by atoms with Crippen molar-refractivity contribution in [2.24, 2.45) is 0 Å². The molecule has 0 spiro atoms. The van der Waals surface area contributed by atoms with Crippen molar-refractivity contribution in [1.82, 2.24) is 4.90 Å². The van der Waals surface area contributed by atoms with Gasteiger partial charge in [0, 0.05) is 0 Å². The molecule has 1 heterocycles. The van der Waals surface area contributed by atoms with Gasteiger partial charge in [-0.1, -0.05) is 35.3 Å². The maximum atomic E-state index is 13.7. The van der Waals surface area contributed by atoms with E-state index in [4.69, 9.17) is 23.2 Å². The van der Waals surface area contributed by atoms with Crippen LogP contribution < -0.4 is 5.32 Å². The monoisotopic (exact) mass is 366 g/mol. The first-order valence-corrected chi connectivity index (χ1v) is 7.54.